The van der Waals surface area contributed by atoms with Crippen molar-refractivity contribution in [2.45, 2.75) is 0 Å². The summed E-state index contributed by atoms with van der Waals surface area (Å²) in [4.78, 5) is 11.5. The Morgan fingerprint density at radius 2 is 1.94 bits per heavy atom. The molecule has 1 aromatic carbocycles. The van der Waals surface area contributed by atoms with Crippen molar-refractivity contribution >= 4 is 39.1 Å². The van der Waals surface area contributed by atoms with E-state index in [-0.39, 0.29) is 11.6 Å². The fourth-order valence-electron chi connectivity index (χ4n) is 1.29. The third-order valence-electron chi connectivity index (χ3n) is 2.17. The van der Waals surface area contributed by atoms with Gasteiger partial charge in [0.05, 0.1) is 5.75 Å². The van der Waals surface area contributed by atoms with Gasteiger partial charge in [-0.25, -0.2) is 8.42 Å². The predicted molar refractivity (Wildman–Crippen MR) is 74.5 cm³/mol. The van der Waals surface area contributed by atoms with Crippen molar-refractivity contribution < 1.29 is 13.2 Å². The van der Waals surface area contributed by atoms with E-state index in [4.69, 9.17) is 11.6 Å². The van der Waals surface area contributed by atoms with E-state index >= 15 is 0 Å². The Kier molecular flexibility index (Phi) is 5.37. The molecule has 1 rings (SSSR count). The molecule has 0 saturated heterocycles. The van der Waals surface area contributed by atoms with Gasteiger partial charge in [-0.3, -0.25) is 4.79 Å². The summed E-state index contributed by atoms with van der Waals surface area (Å²) >= 11 is 5.34. The highest BCUT2D eigenvalue weighted by Crippen LogP contribution is 2.10. The zero-order chi connectivity index (χ0) is 13.6. The van der Waals surface area contributed by atoms with Gasteiger partial charge in [0.1, 0.15) is 5.75 Å². The summed E-state index contributed by atoms with van der Waals surface area (Å²) in [6.07, 6.45) is 1.68. The highest BCUT2D eigenvalue weighted by atomic mass is 35.5. The van der Waals surface area contributed by atoms with Crippen LogP contribution in [0.4, 0.5) is 5.69 Å². The first kappa shape index (κ1) is 14.7. The van der Waals surface area contributed by atoms with Crippen molar-refractivity contribution in [3.63, 3.8) is 0 Å². The van der Waals surface area contributed by atoms with Gasteiger partial charge in [0.25, 0.3) is 0 Å². The number of alkyl halides is 1. The SMILES string of the molecule is C=Cc1ccc(NC(=O)CS(=O)(=O)CCCl)cc1. The van der Waals surface area contributed by atoms with Gasteiger partial charge in [-0.2, -0.15) is 0 Å². The zero-order valence-electron chi connectivity index (χ0n) is 9.73. The molecule has 1 N–H and O–H groups in total. The molecule has 0 aliphatic carbocycles. The Morgan fingerprint density at radius 3 is 2.44 bits per heavy atom. The summed E-state index contributed by atoms with van der Waals surface area (Å²) in [5, 5.41) is 2.51. The van der Waals surface area contributed by atoms with Gasteiger partial charge < -0.3 is 5.32 Å². The lowest BCUT2D eigenvalue weighted by Crippen LogP contribution is -2.25. The molecule has 6 heteroatoms. The lowest BCUT2D eigenvalue weighted by molar-refractivity contribution is -0.113. The summed E-state index contributed by atoms with van der Waals surface area (Å²) in [5.74, 6) is -1.32. The van der Waals surface area contributed by atoms with Gasteiger partial charge in [0.2, 0.25) is 5.91 Å². The van der Waals surface area contributed by atoms with Crippen molar-refractivity contribution in [2.75, 3.05) is 22.7 Å². The number of nitrogens with one attached hydrogen (secondary N) is 1. The van der Waals surface area contributed by atoms with Crippen molar-refractivity contribution in [1.29, 1.82) is 0 Å². The van der Waals surface area contributed by atoms with E-state index in [1.165, 1.54) is 0 Å². The van der Waals surface area contributed by atoms with Crippen LogP contribution in [0.15, 0.2) is 30.8 Å². The van der Waals surface area contributed by atoms with Crippen LogP contribution in [0.3, 0.4) is 0 Å². The normalized spacial score (nSPS) is 10.9. The number of hydrogen-bond donors (Lipinski definition) is 1. The van der Waals surface area contributed by atoms with E-state index in [2.05, 4.69) is 11.9 Å². The monoisotopic (exact) mass is 287 g/mol. The molecule has 0 aliphatic rings. The highest BCUT2D eigenvalue weighted by Gasteiger charge is 2.15. The molecule has 18 heavy (non-hydrogen) atoms. The van der Waals surface area contributed by atoms with Crippen molar-refractivity contribution in [1.82, 2.24) is 0 Å². The maximum Gasteiger partial charge on any atom is 0.239 e. The van der Waals surface area contributed by atoms with Gasteiger partial charge in [0.15, 0.2) is 9.84 Å². The number of sulfone groups is 1. The second-order valence-corrected chi connectivity index (χ2v) is 6.22. The van der Waals surface area contributed by atoms with Crippen LogP contribution in [-0.4, -0.2) is 31.7 Å². The Bertz CT molecular complexity index is 523. The number of halogens is 1. The summed E-state index contributed by atoms with van der Waals surface area (Å²) in [7, 11) is -3.42. The van der Waals surface area contributed by atoms with Crippen molar-refractivity contribution in [2.24, 2.45) is 0 Å². The Balaban J connectivity index is 2.62. The number of hydrogen-bond acceptors (Lipinski definition) is 3. The molecule has 0 spiro atoms. The summed E-state index contributed by atoms with van der Waals surface area (Å²) in [6.45, 7) is 3.61. The van der Waals surface area contributed by atoms with Crippen LogP contribution < -0.4 is 5.32 Å². The van der Waals surface area contributed by atoms with E-state index in [1.54, 1.807) is 30.3 Å². The number of carbonyl (C=O) groups excluding carboxylic acids is 1. The molecule has 4 nitrogen and oxygen atoms in total. The lowest BCUT2D eigenvalue weighted by Gasteiger charge is -2.05. The number of amides is 1. The Morgan fingerprint density at radius 1 is 1.33 bits per heavy atom. The molecule has 1 amide bonds. The molecule has 0 fully saturated rings. The third-order valence-corrected chi connectivity index (χ3v) is 4.11. The molecule has 0 bridgehead atoms. The third kappa shape index (κ3) is 4.89. The first-order valence-corrected chi connectivity index (χ1v) is 7.61. The average molecular weight is 288 g/mol. The lowest BCUT2D eigenvalue weighted by atomic mass is 10.2. The van der Waals surface area contributed by atoms with E-state index in [0.717, 1.165) is 5.56 Å². The molecule has 0 radical (unpaired) electrons. The van der Waals surface area contributed by atoms with E-state index in [0.29, 0.717) is 5.69 Å². The minimum absolute atomic E-state index is 0.0103. The second kappa shape index (κ2) is 6.56. The van der Waals surface area contributed by atoms with Crippen molar-refractivity contribution in [3.8, 4) is 0 Å². The van der Waals surface area contributed by atoms with Crippen LogP contribution in [0.5, 0.6) is 0 Å². The molecule has 0 atom stereocenters. The molecule has 98 valence electrons. The number of benzene rings is 1. The summed E-state index contributed by atoms with van der Waals surface area (Å²) in [5.41, 5.74) is 1.47. The molecular weight excluding hydrogens is 274 g/mol. The summed E-state index contributed by atoms with van der Waals surface area (Å²) < 4.78 is 22.7. The fourth-order valence-corrected chi connectivity index (χ4v) is 2.85. The maximum absolute atomic E-state index is 11.5. The molecule has 1 aromatic rings. The first-order valence-electron chi connectivity index (χ1n) is 5.25. The van der Waals surface area contributed by atoms with Gasteiger partial charge in [-0.15, -0.1) is 11.6 Å². The van der Waals surface area contributed by atoms with E-state index in [9.17, 15) is 13.2 Å². The van der Waals surface area contributed by atoms with Gasteiger partial charge >= 0.3 is 0 Å². The number of anilines is 1. The van der Waals surface area contributed by atoms with E-state index in [1.807, 2.05) is 0 Å². The van der Waals surface area contributed by atoms with Crippen LogP contribution in [0.25, 0.3) is 6.08 Å². The topological polar surface area (TPSA) is 63.2 Å². The molecular formula is C12H14ClNO3S. The predicted octanol–water partition coefficient (Wildman–Crippen LogP) is 1.92. The number of carbonyl (C=O) groups is 1. The molecule has 0 heterocycles. The zero-order valence-corrected chi connectivity index (χ0v) is 11.3. The van der Waals surface area contributed by atoms with Crippen LogP contribution >= 0.6 is 11.6 Å². The molecule has 0 saturated carbocycles. The molecule has 0 unspecified atom stereocenters. The quantitative estimate of drug-likeness (QED) is 0.813. The van der Waals surface area contributed by atoms with Gasteiger partial charge in [-0.1, -0.05) is 24.8 Å². The minimum Gasteiger partial charge on any atom is -0.325 e. The smallest absolute Gasteiger partial charge is 0.239 e. The first-order chi connectivity index (χ1) is 8.46. The van der Waals surface area contributed by atoms with Crippen molar-refractivity contribution in [3.05, 3.63) is 36.4 Å². The van der Waals surface area contributed by atoms with Crippen LogP contribution in [0.1, 0.15) is 5.56 Å². The van der Waals surface area contributed by atoms with E-state index < -0.39 is 21.5 Å². The number of rotatable bonds is 6. The largest absolute Gasteiger partial charge is 0.325 e. The van der Waals surface area contributed by atoms with Crippen LogP contribution in [-0.2, 0) is 14.6 Å². The fraction of sp³-hybridized carbons (Fsp3) is 0.250. The Hall–Kier alpha value is -1.33. The molecule has 0 aliphatic heterocycles. The second-order valence-electron chi connectivity index (χ2n) is 3.66. The minimum atomic E-state index is -3.42. The van der Waals surface area contributed by atoms with Crippen LogP contribution in [0, 0.1) is 0 Å². The standard InChI is InChI=1S/C12H14ClNO3S/c1-2-10-3-5-11(6-4-10)14-12(15)9-18(16,17)8-7-13/h2-6H,1,7-9H2,(H,14,15). The Labute approximate surface area is 112 Å². The van der Waals surface area contributed by atoms with Gasteiger partial charge in [0, 0.05) is 11.6 Å². The summed E-state index contributed by atoms with van der Waals surface area (Å²) in [6, 6.07) is 6.91. The molecule has 0 aromatic heterocycles. The highest BCUT2D eigenvalue weighted by molar-refractivity contribution is 7.92. The van der Waals surface area contributed by atoms with Gasteiger partial charge in [-0.05, 0) is 17.7 Å². The average Bonchev–Trinajstić information content (AvgIpc) is 2.28. The van der Waals surface area contributed by atoms with Crippen LogP contribution in [0.2, 0.25) is 0 Å². The maximum atomic E-state index is 11.5.